The number of hydrogen-bond acceptors (Lipinski definition) is 7. The lowest BCUT2D eigenvalue weighted by atomic mass is 10.3. The van der Waals surface area contributed by atoms with Gasteiger partial charge in [-0.2, -0.15) is 0 Å². The summed E-state index contributed by atoms with van der Waals surface area (Å²) in [6, 6.07) is 4.04. The van der Waals surface area contributed by atoms with Crippen molar-refractivity contribution in [2.24, 2.45) is 0 Å². The summed E-state index contributed by atoms with van der Waals surface area (Å²) in [5.74, 6) is 0.276. The Hall–Kier alpha value is -1.71. The second-order valence-corrected chi connectivity index (χ2v) is 7.79. The molecule has 2 aromatic rings. The number of carbonyl (C=O) groups is 1. The van der Waals surface area contributed by atoms with E-state index in [-0.39, 0.29) is 15.0 Å². The van der Waals surface area contributed by atoms with Crippen LogP contribution >= 0.6 is 23.4 Å². The van der Waals surface area contributed by atoms with Crippen molar-refractivity contribution in [3.63, 3.8) is 0 Å². The molecule has 0 bridgehead atoms. The Morgan fingerprint density at radius 1 is 1.43 bits per heavy atom. The topological polar surface area (TPSA) is 98.5 Å². The van der Waals surface area contributed by atoms with Crippen molar-refractivity contribution in [1.82, 2.24) is 9.88 Å². The highest BCUT2D eigenvalue weighted by molar-refractivity contribution is 8.04. The third-order valence-electron chi connectivity index (χ3n) is 3.11. The molecular weight excluding hydrogens is 364 g/mol. The number of fused-ring (bicyclic) bond motifs is 1. The van der Waals surface area contributed by atoms with E-state index in [2.05, 4.69) is 5.16 Å². The number of amides is 1. The zero-order valence-electron chi connectivity index (χ0n) is 11.8. The van der Waals surface area contributed by atoms with Crippen molar-refractivity contribution in [3.05, 3.63) is 34.0 Å². The lowest BCUT2D eigenvalue weighted by Crippen LogP contribution is -2.32. The molecule has 122 valence electrons. The number of rotatable bonds is 3. The van der Waals surface area contributed by atoms with Crippen LogP contribution < -0.4 is 4.72 Å². The maximum atomic E-state index is 12.4. The predicted molar refractivity (Wildman–Crippen MR) is 85.5 cm³/mol. The van der Waals surface area contributed by atoms with E-state index in [1.165, 1.54) is 30.0 Å². The van der Waals surface area contributed by atoms with Gasteiger partial charge >= 0.3 is 0 Å². The monoisotopic (exact) mass is 374 g/mol. The zero-order chi connectivity index (χ0) is 16.6. The lowest BCUT2D eigenvalue weighted by Gasteiger charge is -2.17. The average Bonchev–Trinajstić information content (AvgIpc) is 2.88. The first-order valence-electron chi connectivity index (χ1n) is 6.47. The van der Waals surface area contributed by atoms with Gasteiger partial charge in [-0.3, -0.25) is 4.79 Å². The molecule has 0 atom stereocenters. The minimum absolute atomic E-state index is 0.0539. The van der Waals surface area contributed by atoms with E-state index in [0.717, 1.165) is 0 Å². The van der Waals surface area contributed by atoms with Crippen LogP contribution in [0.3, 0.4) is 0 Å². The maximum absolute atomic E-state index is 12.4. The van der Waals surface area contributed by atoms with Gasteiger partial charge in [0.2, 0.25) is 0 Å². The summed E-state index contributed by atoms with van der Waals surface area (Å²) in [6.07, 6.45) is 0. The van der Waals surface area contributed by atoms with E-state index in [0.29, 0.717) is 29.1 Å². The second-order valence-electron chi connectivity index (χ2n) is 4.65. The van der Waals surface area contributed by atoms with Gasteiger partial charge in [0, 0.05) is 5.75 Å². The highest BCUT2D eigenvalue weighted by Gasteiger charge is 2.25. The Bertz CT molecular complexity index is 920. The number of carbonyl (C=O) groups excluding carboxylic acids is 1. The smallest absolute Gasteiger partial charge is 0.274 e. The molecule has 23 heavy (non-hydrogen) atoms. The Morgan fingerprint density at radius 3 is 2.96 bits per heavy atom. The normalized spacial score (nSPS) is 15.6. The summed E-state index contributed by atoms with van der Waals surface area (Å²) in [6.45, 7) is 2.11. The molecule has 0 radical (unpaired) electrons. The molecule has 1 aliphatic heterocycles. The summed E-state index contributed by atoms with van der Waals surface area (Å²) in [4.78, 5) is 12.3. The van der Waals surface area contributed by atoms with Crippen LogP contribution in [0.4, 0.5) is 0 Å². The molecule has 0 aliphatic carbocycles. The van der Waals surface area contributed by atoms with E-state index in [4.69, 9.17) is 20.9 Å². The van der Waals surface area contributed by atoms with Crippen molar-refractivity contribution in [3.8, 4) is 0 Å². The number of nitrogens with zero attached hydrogens (tertiary/aromatic N) is 1. The SMILES string of the molecule is CC1=C(C(=O)NS(=O)(=O)c2ccc3onc(Cl)c3c2)SCCO1. The van der Waals surface area contributed by atoms with Crippen LogP contribution in [0.5, 0.6) is 0 Å². The molecule has 1 aromatic carbocycles. The Balaban J connectivity index is 1.91. The highest BCUT2D eigenvalue weighted by Crippen LogP contribution is 2.27. The molecule has 3 rings (SSSR count). The fourth-order valence-corrected chi connectivity index (χ4v) is 4.06. The molecule has 1 aromatic heterocycles. The van der Waals surface area contributed by atoms with Gasteiger partial charge in [0.1, 0.15) is 10.7 Å². The lowest BCUT2D eigenvalue weighted by molar-refractivity contribution is -0.115. The Morgan fingerprint density at radius 2 is 2.22 bits per heavy atom. The summed E-state index contributed by atoms with van der Waals surface area (Å²) in [5, 5.41) is 3.95. The van der Waals surface area contributed by atoms with Gasteiger partial charge in [-0.25, -0.2) is 13.1 Å². The average molecular weight is 375 g/mol. The maximum Gasteiger partial charge on any atom is 0.274 e. The first-order chi connectivity index (χ1) is 10.9. The van der Waals surface area contributed by atoms with Gasteiger partial charge in [0.05, 0.1) is 16.9 Å². The molecule has 0 saturated carbocycles. The summed E-state index contributed by atoms with van der Waals surface area (Å²) in [7, 11) is -4.05. The summed E-state index contributed by atoms with van der Waals surface area (Å²) < 4.78 is 36.9. The standard InChI is InChI=1S/C13H11ClN2O5S2/c1-7-11(22-5-4-20-7)13(17)16-23(18,19)8-2-3-10-9(6-8)12(14)15-21-10/h2-3,6H,4-5H2,1H3,(H,16,17). The number of halogens is 1. The summed E-state index contributed by atoms with van der Waals surface area (Å²) >= 11 is 7.08. The molecule has 0 saturated heterocycles. The van der Waals surface area contributed by atoms with Gasteiger partial charge < -0.3 is 9.26 Å². The van der Waals surface area contributed by atoms with Crippen LogP contribution in [0, 0.1) is 0 Å². The van der Waals surface area contributed by atoms with Crippen molar-refractivity contribution in [1.29, 1.82) is 0 Å². The van der Waals surface area contributed by atoms with Crippen LogP contribution in [0.15, 0.2) is 38.3 Å². The summed E-state index contributed by atoms with van der Waals surface area (Å²) in [5.41, 5.74) is 0.357. The Kier molecular flexibility index (Phi) is 4.26. The number of aromatic nitrogens is 1. The molecule has 1 aliphatic rings. The van der Waals surface area contributed by atoms with E-state index >= 15 is 0 Å². The van der Waals surface area contributed by atoms with Gasteiger partial charge in [0.15, 0.2) is 10.7 Å². The van der Waals surface area contributed by atoms with Crippen molar-refractivity contribution < 1.29 is 22.5 Å². The minimum atomic E-state index is -4.05. The third kappa shape index (κ3) is 3.17. The van der Waals surface area contributed by atoms with Crippen LogP contribution in [-0.2, 0) is 19.6 Å². The van der Waals surface area contributed by atoms with Crippen molar-refractivity contribution >= 4 is 50.3 Å². The van der Waals surface area contributed by atoms with E-state index in [9.17, 15) is 13.2 Å². The van der Waals surface area contributed by atoms with Crippen LogP contribution in [-0.4, -0.2) is 31.8 Å². The fourth-order valence-electron chi connectivity index (χ4n) is 2.01. The number of sulfonamides is 1. The highest BCUT2D eigenvalue weighted by atomic mass is 35.5. The minimum Gasteiger partial charge on any atom is -0.496 e. The molecule has 0 unspecified atom stereocenters. The third-order valence-corrected chi connectivity index (χ3v) is 5.84. The molecule has 1 amide bonds. The molecule has 10 heteroatoms. The van der Waals surface area contributed by atoms with Gasteiger partial charge in [-0.1, -0.05) is 16.8 Å². The quantitative estimate of drug-likeness (QED) is 0.879. The Labute approximate surface area is 141 Å². The van der Waals surface area contributed by atoms with Crippen molar-refractivity contribution in [2.45, 2.75) is 11.8 Å². The van der Waals surface area contributed by atoms with E-state index in [1.807, 2.05) is 4.72 Å². The van der Waals surface area contributed by atoms with Gasteiger partial charge in [-0.15, -0.1) is 11.8 Å². The van der Waals surface area contributed by atoms with Crippen molar-refractivity contribution in [2.75, 3.05) is 12.4 Å². The number of benzene rings is 1. The number of hydrogen-bond donors (Lipinski definition) is 1. The van der Waals surface area contributed by atoms with Crippen LogP contribution in [0.25, 0.3) is 11.0 Å². The number of nitrogens with one attached hydrogen (secondary N) is 1. The van der Waals surface area contributed by atoms with Crippen LogP contribution in [0.2, 0.25) is 5.15 Å². The first-order valence-corrected chi connectivity index (χ1v) is 9.32. The first kappa shape index (κ1) is 16.2. The molecule has 1 N–H and O–H groups in total. The van der Waals surface area contributed by atoms with Crippen LogP contribution in [0.1, 0.15) is 6.92 Å². The molecule has 7 nitrogen and oxygen atoms in total. The van der Waals surface area contributed by atoms with E-state index < -0.39 is 15.9 Å². The number of thioether (sulfide) groups is 1. The number of allylic oxidation sites excluding steroid dienone is 1. The fraction of sp³-hybridized carbons (Fsp3) is 0.231. The number of ether oxygens (including phenoxy) is 1. The van der Waals surface area contributed by atoms with E-state index in [1.54, 1.807) is 6.92 Å². The second kappa shape index (κ2) is 6.06. The van der Waals surface area contributed by atoms with Gasteiger partial charge in [0.25, 0.3) is 15.9 Å². The van der Waals surface area contributed by atoms with Gasteiger partial charge in [-0.05, 0) is 25.1 Å². The molecular formula is C13H11ClN2O5S2. The molecule has 2 heterocycles. The zero-order valence-corrected chi connectivity index (χ0v) is 14.2. The predicted octanol–water partition coefficient (Wildman–Crippen LogP) is 2.28. The largest absolute Gasteiger partial charge is 0.496 e. The molecule has 0 spiro atoms. The molecule has 0 fully saturated rings.